The van der Waals surface area contributed by atoms with Gasteiger partial charge in [-0.05, 0) is 24.3 Å². The number of anilines is 1. The molecule has 0 aliphatic rings. The molecular weight excluding hydrogens is 238 g/mol. The highest BCUT2D eigenvalue weighted by Crippen LogP contribution is 2.24. The monoisotopic (exact) mass is 249 g/mol. The summed E-state index contributed by atoms with van der Waals surface area (Å²) in [5, 5.41) is 0.615. The molecule has 0 spiro atoms. The Hall–Kier alpha value is -1.74. The van der Waals surface area contributed by atoms with Gasteiger partial charge in [0.2, 0.25) is 0 Å². The summed E-state index contributed by atoms with van der Waals surface area (Å²) in [4.78, 5) is 12.9. The van der Waals surface area contributed by atoms with Gasteiger partial charge in [-0.25, -0.2) is 0 Å². The van der Waals surface area contributed by atoms with E-state index < -0.39 is 0 Å². The maximum absolute atomic E-state index is 11.0. The number of furan rings is 1. The fourth-order valence-electron chi connectivity index (χ4n) is 1.69. The molecule has 2 aromatic rings. The number of hydrogen-bond donors (Lipinski definition) is 0. The highest BCUT2D eigenvalue weighted by Gasteiger charge is 2.09. The van der Waals surface area contributed by atoms with Gasteiger partial charge in [-0.3, -0.25) is 4.79 Å². The number of benzene rings is 1. The number of carbonyl (C=O) groups excluding carboxylic acids is 1. The van der Waals surface area contributed by atoms with Gasteiger partial charge in [0.1, 0.15) is 0 Å². The van der Waals surface area contributed by atoms with Crippen molar-refractivity contribution in [3.8, 4) is 0 Å². The van der Waals surface area contributed by atoms with Crippen LogP contribution in [0.1, 0.15) is 15.9 Å². The van der Waals surface area contributed by atoms with Gasteiger partial charge >= 0.3 is 0 Å². The Morgan fingerprint density at radius 3 is 2.88 bits per heavy atom. The van der Waals surface area contributed by atoms with Gasteiger partial charge in [0.15, 0.2) is 6.29 Å². The van der Waals surface area contributed by atoms with Gasteiger partial charge in [-0.2, -0.15) is 0 Å². The van der Waals surface area contributed by atoms with E-state index in [1.165, 1.54) is 0 Å². The lowest BCUT2D eigenvalue weighted by Crippen LogP contribution is -2.17. The molecule has 1 heterocycles. The van der Waals surface area contributed by atoms with Crippen LogP contribution in [-0.4, -0.2) is 13.3 Å². The summed E-state index contributed by atoms with van der Waals surface area (Å²) in [5.74, 6) is 0. The predicted molar refractivity (Wildman–Crippen MR) is 67.7 cm³/mol. The predicted octanol–water partition coefficient (Wildman–Crippen LogP) is 3.38. The topological polar surface area (TPSA) is 33.5 Å². The van der Waals surface area contributed by atoms with E-state index in [1.807, 2.05) is 18.0 Å². The van der Waals surface area contributed by atoms with Crippen LogP contribution in [0.3, 0.4) is 0 Å². The number of halogens is 1. The average molecular weight is 250 g/mol. The second kappa shape index (κ2) is 5.06. The first kappa shape index (κ1) is 11.7. The van der Waals surface area contributed by atoms with Crippen LogP contribution >= 0.6 is 11.6 Å². The van der Waals surface area contributed by atoms with E-state index >= 15 is 0 Å². The summed E-state index contributed by atoms with van der Waals surface area (Å²) in [5.41, 5.74) is 2.48. The van der Waals surface area contributed by atoms with Crippen molar-refractivity contribution in [2.75, 3.05) is 11.9 Å². The minimum atomic E-state index is 0.615. The summed E-state index contributed by atoms with van der Waals surface area (Å²) in [6.45, 7) is 0.664. The Morgan fingerprint density at radius 1 is 1.41 bits per heavy atom. The second-order valence-electron chi connectivity index (χ2n) is 3.81. The molecular formula is C13H12ClNO2. The first-order chi connectivity index (χ1) is 8.20. The van der Waals surface area contributed by atoms with Crippen molar-refractivity contribution in [1.29, 1.82) is 0 Å². The van der Waals surface area contributed by atoms with Gasteiger partial charge in [-0.15, -0.1) is 0 Å². The van der Waals surface area contributed by atoms with Crippen LogP contribution in [0.15, 0.2) is 41.2 Å². The smallest absolute Gasteiger partial charge is 0.152 e. The molecule has 0 aliphatic heterocycles. The van der Waals surface area contributed by atoms with Gasteiger partial charge in [0.25, 0.3) is 0 Å². The minimum Gasteiger partial charge on any atom is -0.472 e. The molecule has 0 atom stereocenters. The fourth-order valence-corrected chi connectivity index (χ4v) is 1.86. The molecule has 88 valence electrons. The molecule has 0 saturated heterocycles. The molecule has 0 fully saturated rings. The van der Waals surface area contributed by atoms with E-state index in [2.05, 4.69) is 0 Å². The average Bonchev–Trinajstić information content (AvgIpc) is 2.81. The Balaban J connectivity index is 2.26. The normalized spacial score (nSPS) is 10.2. The molecule has 0 radical (unpaired) electrons. The lowest BCUT2D eigenvalue weighted by molar-refractivity contribution is 0.112. The number of hydrogen-bond acceptors (Lipinski definition) is 3. The Bertz CT molecular complexity index is 508. The van der Waals surface area contributed by atoms with E-state index in [4.69, 9.17) is 16.0 Å². The van der Waals surface area contributed by atoms with E-state index in [1.54, 1.807) is 30.7 Å². The van der Waals surface area contributed by atoms with Gasteiger partial charge in [0, 0.05) is 35.4 Å². The molecule has 1 aromatic carbocycles. The van der Waals surface area contributed by atoms with E-state index in [9.17, 15) is 4.79 Å². The maximum atomic E-state index is 11.0. The number of rotatable bonds is 4. The van der Waals surface area contributed by atoms with Gasteiger partial charge < -0.3 is 9.32 Å². The molecule has 3 nitrogen and oxygen atoms in total. The lowest BCUT2D eigenvalue weighted by atomic mass is 10.1. The first-order valence-corrected chi connectivity index (χ1v) is 5.55. The fraction of sp³-hybridized carbons (Fsp3) is 0.154. The van der Waals surface area contributed by atoms with Crippen molar-refractivity contribution in [2.45, 2.75) is 6.54 Å². The highest BCUT2D eigenvalue weighted by atomic mass is 35.5. The van der Waals surface area contributed by atoms with Crippen LogP contribution in [0.5, 0.6) is 0 Å². The molecule has 0 amide bonds. The molecule has 1 aromatic heterocycles. The third kappa shape index (κ3) is 2.68. The molecule has 4 heteroatoms. The zero-order chi connectivity index (χ0) is 12.3. The Labute approximate surface area is 105 Å². The van der Waals surface area contributed by atoms with Gasteiger partial charge in [-0.1, -0.05) is 11.6 Å². The molecule has 17 heavy (non-hydrogen) atoms. The molecule has 0 bridgehead atoms. The second-order valence-corrected chi connectivity index (χ2v) is 4.25. The van der Waals surface area contributed by atoms with Crippen molar-refractivity contribution in [2.24, 2.45) is 0 Å². The minimum absolute atomic E-state index is 0.615. The quantitative estimate of drug-likeness (QED) is 0.779. The molecule has 0 unspecified atom stereocenters. The number of nitrogens with zero attached hydrogens (tertiary/aromatic N) is 1. The van der Waals surface area contributed by atoms with Crippen molar-refractivity contribution in [3.05, 3.63) is 52.9 Å². The SMILES string of the molecule is CN(Cc1ccoc1)c1cc(Cl)ccc1C=O. The molecule has 0 saturated carbocycles. The maximum Gasteiger partial charge on any atom is 0.152 e. The van der Waals surface area contributed by atoms with Crippen molar-refractivity contribution >= 4 is 23.6 Å². The van der Waals surface area contributed by atoms with Crippen molar-refractivity contribution in [3.63, 3.8) is 0 Å². The van der Waals surface area contributed by atoms with Crippen LogP contribution < -0.4 is 4.90 Å². The van der Waals surface area contributed by atoms with E-state index in [0.29, 0.717) is 17.1 Å². The van der Waals surface area contributed by atoms with Crippen LogP contribution in [-0.2, 0) is 6.54 Å². The zero-order valence-electron chi connectivity index (χ0n) is 9.39. The van der Waals surface area contributed by atoms with E-state index in [0.717, 1.165) is 17.5 Å². The van der Waals surface area contributed by atoms with Crippen LogP contribution in [0, 0.1) is 0 Å². The summed E-state index contributed by atoms with van der Waals surface area (Å²) >= 11 is 5.94. The van der Waals surface area contributed by atoms with Crippen LogP contribution in [0.2, 0.25) is 5.02 Å². The zero-order valence-corrected chi connectivity index (χ0v) is 10.1. The summed E-state index contributed by atoms with van der Waals surface area (Å²) < 4.78 is 5.01. The summed E-state index contributed by atoms with van der Waals surface area (Å²) in [6, 6.07) is 7.10. The van der Waals surface area contributed by atoms with Crippen molar-refractivity contribution in [1.82, 2.24) is 0 Å². The summed E-state index contributed by atoms with van der Waals surface area (Å²) in [7, 11) is 1.91. The molecule has 0 aliphatic carbocycles. The first-order valence-electron chi connectivity index (χ1n) is 5.17. The lowest BCUT2D eigenvalue weighted by Gasteiger charge is -2.20. The molecule has 0 N–H and O–H groups in total. The van der Waals surface area contributed by atoms with Crippen LogP contribution in [0.25, 0.3) is 0 Å². The van der Waals surface area contributed by atoms with E-state index in [-0.39, 0.29) is 0 Å². The van der Waals surface area contributed by atoms with Crippen LogP contribution in [0.4, 0.5) is 5.69 Å². The Morgan fingerprint density at radius 2 is 2.24 bits per heavy atom. The highest BCUT2D eigenvalue weighted by molar-refractivity contribution is 6.31. The standard InChI is InChI=1S/C13H12ClNO2/c1-15(7-10-4-5-17-9-10)13-6-12(14)3-2-11(13)8-16/h2-6,8-9H,7H2,1H3. The molecule has 2 rings (SSSR count). The van der Waals surface area contributed by atoms with Crippen molar-refractivity contribution < 1.29 is 9.21 Å². The third-order valence-corrected chi connectivity index (χ3v) is 2.77. The number of carbonyl (C=O) groups is 1. The number of aldehydes is 1. The Kier molecular flexibility index (Phi) is 3.49. The largest absolute Gasteiger partial charge is 0.472 e. The summed E-state index contributed by atoms with van der Waals surface area (Å²) in [6.07, 6.45) is 4.14. The van der Waals surface area contributed by atoms with Gasteiger partial charge in [0.05, 0.1) is 12.5 Å². The third-order valence-electron chi connectivity index (χ3n) is 2.53.